The summed E-state index contributed by atoms with van der Waals surface area (Å²) in [6.07, 6.45) is 0.683. The van der Waals surface area contributed by atoms with Crippen molar-refractivity contribution in [2.75, 3.05) is 13.7 Å². The molecule has 2 rings (SSSR count). The number of ether oxygens (including phenoxy) is 3. The summed E-state index contributed by atoms with van der Waals surface area (Å²) in [7, 11) is 1.52. The molecule has 0 atom stereocenters. The van der Waals surface area contributed by atoms with Gasteiger partial charge in [-0.15, -0.1) is 0 Å². The van der Waals surface area contributed by atoms with Gasteiger partial charge in [0.25, 0.3) is 0 Å². The van der Waals surface area contributed by atoms with Gasteiger partial charge in [0.15, 0.2) is 18.1 Å². The van der Waals surface area contributed by atoms with Crippen molar-refractivity contribution in [1.82, 2.24) is 0 Å². The molecule has 108 valence electrons. The molecule has 0 amide bonds. The van der Waals surface area contributed by atoms with E-state index in [1.807, 2.05) is 0 Å². The van der Waals surface area contributed by atoms with Crippen LogP contribution in [0.2, 0.25) is 0 Å². The second-order valence-corrected chi connectivity index (χ2v) is 4.10. The fraction of sp³-hybridized carbons (Fsp3) is 0.125. The molecule has 5 nitrogen and oxygen atoms in total. The van der Waals surface area contributed by atoms with Gasteiger partial charge in [0, 0.05) is 5.56 Å². The van der Waals surface area contributed by atoms with E-state index >= 15 is 0 Å². The minimum Gasteiger partial charge on any atom is -0.493 e. The summed E-state index contributed by atoms with van der Waals surface area (Å²) in [6.45, 7) is -0.258. The van der Waals surface area contributed by atoms with Crippen molar-refractivity contribution >= 4 is 12.3 Å². The Morgan fingerprint density at radius 3 is 2.57 bits per heavy atom. The van der Waals surface area contributed by atoms with Crippen molar-refractivity contribution in [2.24, 2.45) is 0 Å². The van der Waals surface area contributed by atoms with Crippen molar-refractivity contribution < 1.29 is 23.8 Å². The second-order valence-electron chi connectivity index (χ2n) is 4.10. The van der Waals surface area contributed by atoms with Crippen molar-refractivity contribution in [2.45, 2.75) is 0 Å². The Hall–Kier alpha value is -2.82. The minimum atomic E-state index is -0.566. The monoisotopic (exact) mass is 286 g/mol. The number of benzene rings is 2. The van der Waals surface area contributed by atoms with E-state index in [0.29, 0.717) is 29.1 Å². The first-order chi connectivity index (χ1) is 10.2. The Morgan fingerprint density at radius 2 is 1.86 bits per heavy atom. The third-order valence-corrected chi connectivity index (χ3v) is 2.64. The van der Waals surface area contributed by atoms with Gasteiger partial charge in [-0.05, 0) is 24.3 Å². The molecular weight excluding hydrogens is 272 g/mol. The standard InChI is InChI=1S/C16H14O5/c1-19-14-7-2-3-8-15(14)20-11-16(18)21-13-6-4-5-12(9-13)10-17/h2-10H,11H2,1H3. The molecule has 0 spiro atoms. The van der Waals surface area contributed by atoms with Crippen LogP contribution in [-0.2, 0) is 4.79 Å². The van der Waals surface area contributed by atoms with E-state index in [1.54, 1.807) is 42.5 Å². The van der Waals surface area contributed by atoms with Crippen molar-refractivity contribution in [3.05, 3.63) is 54.1 Å². The maximum absolute atomic E-state index is 11.7. The topological polar surface area (TPSA) is 61.8 Å². The summed E-state index contributed by atoms with van der Waals surface area (Å²) in [5.41, 5.74) is 0.436. The summed E-state index contributed by atoms with van der Waals surface area (Å²) in [5, 5.41) is 0. The van der Waals surface area contributed by atoms with E-state index < -0.39 is 5.97 Å². The predicted octanol–water partition coefficient (Wildman–Crippen LogP) is 2.49. The first kappa shape index (κ1) is 14.6. The third kappa shape index (κ3) is 4.07. The van der Waals surface area contributed by atoms with Crippen LogP contribution in [0.4, 0.5) is 0 Å². The third-order valence-electron chi connectivity index (χ3n) is 2.64. The van der Waals surface area contributed by atoms with Crippen LogP contribution in [0.1, 0.15) is 10.4 Å². The Labute approximate surface area is 122 Å². The van der Waals surface area contributed by atoms with Crippen LogP contribution in [0.25, 0.3) is 0 Å². The zero-order valence-corrected chi connectivity index (χ0v) is 11.4. The number of carbonyl (C=O) groups excluding carboxylic acids is 2. The molecule has 0 bridgehead atoms. The maximum Gasteiger partial charge on any atom is 0.349 e. The lowest BCUT2D eigenvalue weighted by atomic mass is 10.2. The molecule has 21 heavy (non-hydrogen) atoms. The van der Waals surface area contributed by atoms with E-state index in [0.717, 1.165) is 0 Å². The van der Waals surface area contributed by atoms with Gasteiger partial charge in [0.05, 0.1) is 7.11 Å². The number of aldehydes is 1. The van der Waals surface area contributed by atoms with E-state index in [-0.39, 0.29) is 6.61 Å². The summed E-state index contributed by atoms with van der Waals surface area (Å²) in [6, 6.07) is 13.3. The van der Waals surface area contributed by atoms with Crippen molar-refractivity contribution in [1.29, 1.82) is 0 Å². The van der Waals surface area contributed by atoms with Crippen molar-refractivity contribution in [3.63, 3.8) is 0 Å². The molecule has 0 fully saturated rings. The molecule has 0 saturated heterocycles. The molecule has 0 heterocycles. The highest BCUT2D eigenvalue weighted by molar-refractivity contribution is 5.77. The average Bonchev–Trinajstić information content (AvgIpc) is 2.53. The SMILES string of the molecule is COc1ccccc1OCC(=O)Oc1cccc(C=O)c1. The molecule has 0 saturated carbocycles. The van der Waals surface area contributed by atoms with E-state index in [1.165, 1.54) is 13.2 Å². The second kappa shape index (κ2) is 7.09. The van der Waals surface area contributed by atoms with Gasteiger partial charge in [-0.1, -0.05) is 24.3 Å². The molecular formula is C16H14O5. The predicted molar refractivity (Wildman–Crippen MR) is 76.0 cm³/mol. The lowest BCUT2D eigenvalue weighted by Crippen LogP contribution is -2.18. The molecule has 0 aliphatic rings. The number of hydrogen-bond donors (Lipinski definition) is 0. The van der Waals surface area contributed by atoms with Crippen LogP contribution >= 0.6 is 0 Å². The highest BCUT2D eigenvalue weighted by Gasteiger charge is 2.09. The molecule has 0 N–H and O–H groups in total. The van der Waals surface area contributed by atoms with E-state index in [9.17, 15) is 9.59 Å². The molecule has 2 aromatic carbocycles. The van der Waals surface area contributed by atoms with Crippen LogP contribution in [0, 0.1) is 0 Å². The molecule has 5 heteroatoms. The average molecular weight is 286 g/mol. The molecule has 0 aliphatic heterocycles. The smallest absolute Gasteiger partial charge is 0.349 e. The zero-order valence-electron chi connectivity index (χ0n) is 11.4. The lowest BCUT2D eigenvalue weighted by molar-refractivity contribution is -0.136. The maximum atomic E-state index is 11.7. The Kier molecular flexibility index (Phi) is 4.93. The molecule has 0 aliphatic carbocycles. The van der Waals surface area contributed by atoms with E-state index in [2.05, 4.69) is 0 Å². The number of methoxy groups -OCH3 is 1. The normalized spacial score (nSPS) is 9.76. The van der Waals surface area contributed by atoms with E-state index in [4.69, 9.17) is 14.2 Å². The zero-order chi connectivity index (χ0) is 15.1. The first-order valence-electron chi connectivity index (χ1n) is 6.24. The van der Waals surface area contributed by atoms with Crippen LogP contribution in [0.3, 0.4) is 0 Å². The largest absolute Gasteiger partial charge is 0.493 e. The summed E-state index contributed by atoms with van der Waals surface area (Å²) >= 11 is 0. The van der Waals surface area contributed by atoms with Crippen LogP contribution in [0.15, 0.2) is 48.5 Å². The highest BCUT2D eigenvalue weighted by Crippen LogP contribution is 2.25. The van der Waals surface area contributed by atoms with Gasteiger partial charge in [-0.25, -0.2) is 4.79 Å². The number of hydrogen-bond acceptors (Lipinski definition) is 5. The molecule has 0 unspecified atom stereocenters. The quantitative estimate of drug-likeness (QED) is 0.464. The van der Waals surface area contributed by atoms with Gasteiger partial charge >= 0.3 is 5.97 Å². The number of carbonyl (C=O) groups is 2. The minimum absolute atomic E-state index is 0.258. The number of para-hydroxylation sites is 2. The van der Waals surface area contributed by atoms with Gasteiger partial charge in [-0.3, -0.25) is 4.79 Å². The van der Waals surface area contributed by atoms with Crippen LogP contribution < -0.4 is 14.2 Å². The van der Waals surface area contributed by atoms with Crippen molar-refractivity contribution in [3.8, 4) is 17.2 Å². The number of esters is 1. The molecule has 0 radical (unpaired) electrons. The van der Waals surface area contributed by atoms with Crippen LogP contribution in [-0.4, -0.2) is 26.0 Å². The first-order valence-corrected chi connectivity index (χ1v) is 6.24. The number of rotatable bonds is 6. The highest BCUT2D eigenvalue weighted by atomic mass is 16.6. The Bertz CT molecular complexity index is 636. The molecule has 2 aromatic rings. The van der Waals surface area contributed by atoms with Gasteiger partial charge < -0.3 is 14.2 Å². The summed E-state index contributed by atoms with van der Waals surface area (Å²) < 4.78 is 15.5. The molecule has 0 aromatic heterocycles. The Balaban J connectivity index is 1.94. The fourth-order valence-electron chi connectivity index (χ4n) is 1.69. The van der Waals surface area contributed by atoms with Gasteiger partial charge in [-0.2, -0.15) is 0 Å². The summed E-state index contributed by atoms with van der Waals surface area (Å²) in [4.78, 5) is 22.4. The van der Waals surface area contributed by atoms with Gasteiger partial charge in [0.1, 0.15) is 12.0 Å². The fourth-order valence-corrected chi connectivity index (χ4v) is 1.69. The Morgan fingerprint density at radius 1 is 1.10 bits per heavy atom. The summed E-state index contributed by atoms with van der Waals surface area (Å²) in [5.74, 6) is 0.726. The van der Waals surface area contributed by atoms with Gasteiger partial charge in [0.2, 0.25) is 0 Å². The lowest BCUT2D eigenvalue weighted by Gasteiger charge is -2.10. The van der Waals surface area contributed by atoms with Crippen LogP contribution in [0.5, 0.6) is 17.2 Å².